The fourth-order valence-electron chi connectivity index (χ4n) is 1.16. The first kappa shape index (κ1) is 12.8. The molecule has 2 unspecified atom stereocenters. The van der Waals surface area contributed by atoms with E-state index < -0.39 is 19.0 Å². The fraction of sp³-hybridized carbons (Fsp3) is 0.300. The molecule has 0 aliphatic heterocycles. The zero-order valence-electron chi connectivity index (χ0n) is 8.17. The molecule has 0 aliphatic carbocycles. The molecule has 2 nitrogen and oxygen atoms in total. The highest BCUT2D eigenvalue weighted by atomic mass is 35.5. The van der Waals surface area contributed by atoms with Gasteiger partial charge >= 0.3 is 0 Å². The quantitative estimate of drug-likeness (QED) is 0.619. The summed E-state index contributed by atoms with van der Waals surface area (Å²) >= 11 is 11.2. The van der Waals surface area contributed by atoms with Gasteiger partial charge in [-0.05, 0) is 17.7 Å². The van der Waals surface area contributed by atoms with Gasteiger partial charge in [-0.3, -0.25) is 4.79 Å². The van der Waals surface area contributed by atoms with Crippen LogP contribution in [0.1, 0.15) is 6.92 Å². The molecule has 0 aromatic heterocycles. The number of carbonyl (C=O) groups is 1. The van der Waals surface area contributed by atoms with Gasteiger partial charge in [0.25, 0.3) is 0 Å². The third-order valence-corrected chi connectivity index (χ3v) is 4.93. The van der Waals surface area contributed by atoms with Crippen molar-refractivity contribution in [3.05, 3.63) is 29.3 Å². The van der Waals surface area contributed by atoms with Crippen LogP contribution in [0.25, 0.3) is 0 Å². The molecule has 0 spiro atoms. The number of rotatable bonds is 4. The predicted molar refractivity (Wildman–Crippen MR) is 65.0 cm³/mol. The second-order valence-electron chi connectivity index (χ2n) is 3.31. The highest BCUT2D eigenvalue weighted by molar-refractivity contribution is 7.53. The van der Waals surface area contributed by atoms with Crippen LogP contribution in [0.2, 0.25) is 5.02 Å². The maximum absolute atomic E-state index is 11.9. The minimum atomic E-state index is -2.03. The summed E-state index contributed by atoms with van der Waals surface area (Å²) in [5.41, 5.74) is 0. The molecule has 0 bridgehead atoms. The number of hydrogen-bond donors (Lipinski definition) is 0. The summed E-state index contributed by atoms with van der Waals surface area (Å²) in [5.74, 6) is -0.394. The average molecular weight is 265 g/mol. The largest absolute Gasteiger partial charge is 0.322 e. The zero-order chi connectivity index (χ0) is 11.4. The summed E-state index contributed by atoms with van der Waals surface area (Å²) in [7, 11) is -2.03. The third kappa shape index (κ3) is 3.64. The van der Waals surface area contributed by atoms with Crippen molar-refractivity contribution in [2.45, 2.75) is 6.92 Å². The average Bonchev–Trinajstić information content (AvgIpc) is 2.18. The van der Waals surface area contributed by atoms with Gasteiger partial charge in [0.1, 0.15) is 7.80 Å². The standard InChI is InChI=1S/C10H11Cl2O2P/c1-7(10(12)13)6-15(14)9-5-3-2-4-8(9)11/h2-5,7,15H,6H2,1H3. The maximum atomic E-state index is 11.9. The molecule has 15 heavy (non-hydrogen) atoms. The second-order valence-corrected chi connectivity index (χ2v) is 5.89. The Labute approximate surface area is 99.4 Å². The Morgan fingerprint density at radius 2 is 2.07 bits per heavy atom. The first-order valence-electron chi connectivity index (χ1n) is 4.49. The number of halogens is 2. The minimum Gasteiger partial charge on any atom is -0.322 e. The molecule has 0 saturated carbocycles. The van der Waals surface area contributed by atoms with Crippen molar-refractivity contribution >= 4 is 41.5 Å². The van der Waals surface area contributed by atoms with Crippen molar-refractivity contribution < 1.29 is 9.36 Å². The van der Waals surface area contributed by atoms with Crippen LogP contribution in [0, 0.1) is 5.92 Å². The Balaban J connectivity index is 2.78. The topological polar surface area (TPSA) is 34.1 Å². The molecule has 0 heterocycles. The van der Waals surface area contributed by atoms with Crippen molar-refractivity contribution in [2.24, 2.45) is 5.92 Å². The van der Waals surface area contributed by atoms with E-state index in [2.05, 4.69) is 0 Å². The molecule has 0 fully saturated rings. The van der Waals surface area contributed by atoms with Gasteiger partial charge in [0.2, 0.25) is 5.24 Å². The van der Waals surface area contributed by atoms with Crippen molar-refractivity contribution in [3.63, 3.8) is 0 Å². The lowest BCUT2D eigenvalue weighted by atomic mass is 10.2. The normalized spacial score (nSPS) is 14.6. The van der Waals surface area contributed by atoms with Crippen LogP contribution in [0.3, 0.4) is 0 Å². The van der Waals surface area contributed by atoms with E-state index in [4.69, 9.17) is 23.2 Å². The molecule has 1 aromatic rings. The van der Waals surface area contributed by atoms with Gasteiger partial charge in [0.15, 0.2) is 0 Å². The zero-order valence-corrected chi connectivity index (χ0v) is 10.7. The van der Waals surface area contributed by atoms with Crippen molar-refractivity contribution in [2.75, 3.05) is 6.16 Å². The molecule has 0 aliphatic rings. The predicted octanol–water partition coefficient (Wildman–Crippen LogP) is 2.93. The summed E-state index contributed by atoms with van der Waals surface area (Å²) in [5, 5.41) is 0.643. The van der Waals surface area contributed by atoms with E-state index in [1.165, 1.54) is 0 Å². The lowest BCUT2D eigenvalue weighted by molar-refractivity contribution is -0.114. The maximum Gasteiger partial charge on any atom is 0.224 e. The van der Waals surface area contributed by atoms with Crippen molar-refractivity contribution in [1.29, 1.82) is 0 Å². The summed E-state index contributed by atoms with van der Waals surface area (Å²) in [4.78, 5) is 10.8. The highest BCUT2D eigenvalue weighted by Gasteiger charge is 2.16. The van der Waals surface area contributed by atoms with E-state index in [1.807, 2.05) is 0 Å². The van der Waals surface area contributed by atoms with Gasteiger partial charge in [-0.2, -0.15) is 0 Å². The van der Waals surface area contributed by atoms with Gasteiger partial charge in [0, 0.05) is 17.4 Å². The molecule has 2 atom stereocenters. The Morgan fingerprint density at radius 3 is 2.60 bits per heavy atom. The van der Waals surface area contributed by atoms with Crippen LogP contribution in [0.15, 0.2) is 24.3 Å². The lowest BCUT2D eigenvalue weighted by Gasteiger charge is -2.07. The van der Waals surface area contributed by atoms with Crippen molar-refractivity contribution in [3.8, 4) is 0 Å². The van der Waals surface area contributed by atoms with E-state index in [1.54, 1.807) is 31.2 Å². The molecule has 1 aromatic carbocycles. The Hall–Kier alpha value is -0.300. The summed E-state index contributed by atoms with van der Waals surface area (Å²) in [6, 6.07) is 6.95. The van der Waals surface area contributed by atoms with Gasteiger partial charge in [-0.1, -0.05) is 36.7 Å². The van der Waals surface area contributed by atoms with Crippen LogP contribution in [-0.4, -0.2) is 11.4 Å². The summed E-state index contributed by atoms with van der Waals surface area (Å²) < 4.78 is 11.9. The molecular weight excluding hydrogens is 254 g/mol. The first-order chi connectivity index (χ1) is 7.02. The second kappa shape index (κ2) is 5.69. The summed E-state index contributed by atoms with van der Waals surface area (Å²) in [6.07, 6.45) is 0.275. The third-order valence-electron chi connectivity index (χ3n) is 2.05. The van der Waals surface area contributed by atoms with E-state index in [0.717, 1.165) is 0 Å². The Kier molecular flexibility index (Phi) is 4.85. The number of benzene rings is 1. The number of carbonyl (C=O) groups excluding carboxylic acids is 1. The highest BCUT2D eigenvalue weighted by Crippen LogP contribution is 2.27. The smallest absolute Gasteiger partial charge is 0.224 e. The molecule has 82 valence electrons. The number of hydrogen-bond acceptors (Lipinski definition) is 2. The van der Waals surface area contributed by atoms with Crippen LogP contribution in [0.4, 0.5) is 0 Å². The van der Waals surface area contributed by atoms with E-state index in [9.17, 15) is 9.36 Å². The van der Waals surface area contributed by atoms with Crippen molar-refractivity contribution in [1.82, 2.24) is 0 Å². The Morgan fingerprint density at radius 1 is 1.47 bits per heavy atom. The van der Waals surface area contributed by atoms with Crippen LogP contribution < -0.4 is 5.30 Å². The van der Waals surface area contributed by atoms with Crippen LogP contribution >= 0.6 is 31.0 Å². The molecule has 0 saturated heterocycles. The lowest BCUT2D eigenvalue weighted by Crippen LogP contribution is -2.10. The van der Waals surface area contributed by atoms with Gasteiger partial charge in [-0.15, -0.1) is 0 Å². The minimum absolute atomic E-state index is 0.275. The SMILES string of the molecule is CC(C[PH](=O)c1ccccc1Cl)C(=O)Cl. The van der Waals surface area contributed by atoms with Gasteiger partial charge < -0.3 is 4.57 Å². The molecule has 0 radical (unpaired) electrons. The monoisotopic (exact) mass is 264 g/mol. The van der Waals surface area contributed by atoms with E-state index >= 15 is 0 Å². The molecule has 0 N–H and O–H groups in total. The fourth-order valence-corrected chi connectivity index (χ4v) is 3.41. The molecule has 1 rings (SSSR count). The molecule has 5 heteroatoms. The van der Waals surface area contributed by atoms with E-state index in [-0.39, 0.29) is 6.16 Å². The first-order valence-corrected chi connectivity index (χ1v) is 6.86. The molecular formula is C10H11Cl2O2P. The van der Waals surface area contributed by atoms with Gasteiger partial charge in [0.05, 0.1) is 5.02 Å². The Bertz CT molecular complexity index is 393. The van der Waals surface area contributed by atoms with E-state index in [0.29, 0.717) is 10.3 Å². The van der Waals surface area contributed by atoms with Crippen LogP contribution in [0.5, 0.6) is 0 Å². The summed E-state index contributed by atoms with van der Waals surface area (Å²) in [6.45, 7) is 1.66. The van der Waals surface area contributed by atoms with Crippen LogP contribution in [-0.2, 0) is 9.36 Å². The molecule has 0 amide bonds. The van der Waals surface area contributed by atoms with Gasteiger partial charge in [-0.25, -0.2) is 0 Å².